The Morgan fingerprint density at radius 2 is 1.81 bits per heavy atom. The summed E-state index contributed by atoms with van der Waals surface area (Å²) in [6, 6.07) is 9.51. The number of carbonyl (C=O) groups excluding carboxylic acids is 1. The van der Waals surface area contributed by atoms with Gasteiger partial charge in [0.05, 0.1) is 23.9 Å². The lowest BCUT2D eigenvalue weighted by Gasteiger charge is -2.11. The molecule has 0 saturated carbocycles. The van der Waals surface area contributed by atoms with Crippen LogP contribution < -0.4 is 10.2 Å². The van der Waals surface area contributed by atoms with E-state index in [-0.39, 0.29) is 0 Å². The summed E-state index contributed by atoms with van der Waals surface area (Å²) in [4.78, 5) is 12.2. The van der Waals surface area contributed by atoms with Crippen molar-refractivity contribution in [2.45, 2.75) is 51.6 Å². The molecule has 2 rings (SSSR count). The van der Waals surface area contributed by atoms with Gasteiger partial charge in [0.25, 0.3) is 5.91 Å². The zero-order chi connectivity index (χ0) is 22.7. The molecule has 0 aliphatic rings. The highest BCUT2D eigenvalue weighted by Crippen LogP contribution is 2.31. The molecule has 1 amide bonds. The Morgan fingerprint density at radius 1 is 1.10 bits per heavy atom. The molecule has 0 atom stereocenters. The van der Waals surface area contributed by atoms with Gasteiger partial charge in [-0.05, 0) is 36.8 Å². The second kappa shape index (κ2) is 12.3. The summed E-state index contributed by atoms with van der Waals surface area (Å²) in [7, 11) is 0. The molecule has 0 aromatic heterocycles. The van der Waals surface area contributed by atoms with Crippen molar-refractivity contribution in [3.63, 3.8) is 0 Å². The van der Waals surface area contributed by atoms with Crippen LogP contribution in [0.2, 0.25) is 5.02 Å². The quantitative estimate of drug-likeness (QED) is 0.229. The lowest BCUT2D eigenvalue weighted by molar-refractivity contribution is -0.137. The summed E-state index contributed by atoms with van der Waals surface area (Å²) in [6.07, 6.45) is 3.46. The van der Waals surface area contributed by atoms with Crippen molar-refractivity contribution < 1.29 is 22.7 Å². The van der Waals surface area contributed by atoms with E-state index in [0.29, 0.717) is 22.9 Å². The summed E-state index contributed by atoms with van der Waals surface area (Å²) in [5, 5.41) is 4.24. The summed E-state index contributed by atoms with van der Waals surface area (Å²) in [5.41, 5.74) is 1.13. The maximum absolute atomic E-state index is 13.1. The van der Waals surface area contributed by atoms with Crippen LogP contribution in [-0.2, 0) is 6.18 Å². The first-order chi connectivity index (χ1) is 14.8. The van der Waals surface area contributed by atoms with E-state index in [1.807, 2.05) is 0 Å². The number of hydrogen-bond acceptors (Lipinski definition) is 3. The van der Waals surface area contributed by atoms with Gasteiger partial charge in [0, 0.05) is 10.6 Å². The van der Waals surface area contributed by atoms with E-state index in [0.717, 1.165) is 31.4 Å². The van der Waals surface area contributed by atoms with Crippen molar-refractivity contribution in [3.05, 3.63) is 64.2 Å². The SMILES string of the molecule is CCCCCCCCOc1ccc(Cl)cc1/C=N/NC(=O)c1ccccc1C(F)(F)F. The average Bonchev–Trinajstić information content (AvgIpc) is 2.73. The van der Waals surface area contributed by atoms with Gasteiger partial charge in [0.2, 0.25) is 0 Å². The lowest BCUT2D eigenvalue weighted by atomic mass is 10.1. The minimum Gasteiger partial charge on any atom is -0.493 e. The van der Waals surface area contributed by atoms with Gasteiger partial charge in [-0.3, -0.25) is 4.79 Å². The first-order valence-electron chi connectivity index (χ1n) is 10.2. The fourth-order valence-corrected chi connectivity index (χ4v) is 3.15. The normalized spacial score (nSPS) is 11.6. The molecule has 0 heterocycles. The summed E-state index contributed by atoms with van der Waals surface area (Å²) >= 11 is 6.03. The van der Waals surface area contributed by atoms with Crippen LogP contribution in [0.1, 0.15) is 66.9 Å². The molecule has 0 aliphatic carbocycles. The van der Waals surface area contributed by atoms with E-state index in [1.165, 1.54) is 37.6 Å². The van der Waals surface area contributed by atoms with Crippen LogP contribution in [0.15, 0.2) is 47.6 Å². The zero-order valence-electron chi connectivity index (χ0n) is 17.3. The van der Waals surface area contributed by atoms with Gasteiger partial charge in [-0.2, -0.15) is 18.3 Å². The van der Waals surface area contributed by atoms with Crippen LogP contribution in [-0.4, -0.2) is 18.7 Å². The first-order valence-corrected chi connectivity index (χ1v) is 10.6. The monoisotopic (exact) mass is 454 g/mol. The Morgan fingerprint density at radius 3 is 2.55 bits per heavy atom. The van der Waals surface area contributed by atoms with Gasteiger partial charge in [-0.25, -0.2) is 5.43 Å². The molecule has 2 aromatic rings. The molecule has 2 aromatic carbocycles. The minimum atomic E-state index is -4.64. The number of hydrazone groups is 1. The van der Waals surface area contributed by atoms with E-state index in [1.54, 1.807) is 18.2 Å². The Hall–Kier alpha value is -2.54. The Balaban J connectivity index is 1.98. The molecular formula is C23H26ClF3N2O2. The van der Waals surface area contributed by atoms with Gasteiger partial charge < -0.3 is 4.74 Å². The second-order valence-corrected chi connectivity index (χ2v) is 7.48. The molecule has 0 unspecified atom stereocenters. The second-order valence-electron chi connectivity index (χ2n) is 7.04. The van der Waals surface area contributed by atoms with E-state index in [9.17, 15) is 18.0 Å². The van der Waals surface area contributed by atoms with Crippen LogP contribution >= 0.6 is 11.6 Å². The average molecular weight is 455 g/mol. The van der Waals surface area contributed by atoms with Crippen LogP contribution in [0.4, 0.5) is 13.2 Å². The van der Waals surface area contributed by atoms with Crippen molar-refractivity contribution in [2.24, 2.45) is 5.10 Å². The van der Waals surface area contributed by atoms with Crippen LogP contribution in [0.5, 0.6) is 5.75 Å². The predicted octanol–water partition coefficient (Wildman–Crippen LogP) is 6.86. The molecule has 0 spiro atoms. The number of halogens is 4. The predicted molar refractivity (Wildman–Crippen MR) is 117 cm³/mol. The Bertz CT molecular complexity index is 885. The smallest absolute Gasteiger partial charge is 0.417 e. The van der Waals surface area contributed by atoms with Crippen molar-refractivity contribution in [1.82, 2.24) is 5.43 Å². The highest BCUT2D eigenvalue weighted by molar-refractivity contribution is 6.30. The number of benzene rings is 2. The molecule has 0 aliphatic heterocycles. The molecule has 0 bridgehead atoms. The largest absolute Gasteiger partial charge is 0.493 e. The third-order valence-corrected chi connectivity index (χ3v) is 4.81. The topological polar surface area (TPSA) is 50.7 Å². The number of amides is 1. The third-order valence-electron chi connectivity index (χ3n) is 4.57. The third kappa shape index (κ3) is 8.25. The summed E-state index contributed by atoms with van der Waals surface area (Å²) in [5.74, 6) is -0.424. The number of rotatable bonds is 11. The molecular weight excluding hydrogens is 429 g/mol. The molecule has 4 nitrogen and oxygen atoms in total. The fraction of sp³-hybridized carbons (Fsp3) is 0.391. The number of alkyl halides is 3. The number of ether oxygens (including phenoxy) is 1. The van der Waals surface area contributed by atoms with E-state index >= 15 is 0 Å². The molecule has 31 heavy (non-hydrogen) atoms. The maximum atomic E-state index is 13.1. The van der Waals surface area contributed by atoms with Crippen molar-refractivity contribution in [3.8, 4) is 5.75 Å². The Kier molecular flexibility index (Phi) is 9.85. The molecule has 0 fully saturated rings. The van der Waals surface area contributed by atoms with E-state index < -0.39 is 23.2 Å². The van der Waals surface area contributed by atoms with Crippen LogP contribution in [0.3, 0.4) is 0 Å². The van der Waals surface area contributed by atoms with Gasteiger partial charge in [-0.15, -0.1) is 0 Å². The number of unbranched alkanes of at least 4 members (excludes halogenated alkanes) is 5. The minimum absolute atomic E-state index is 0.446. The highest BCUT2D eigenvalue weighted by atomic mass is 35.5. The molecule has 1 N–H and O–H groups in total. The van der Waals surface area contributed by atoms with Gasteiger partial charge >= 0.3 is 6.18 Å². The van der Waals surface area contributed by atoms with Gasteiger partial charge in [-0.1, -0.05) is 62.8 Å². The molecule has 0 saturated heterocycles. The van der Waals surface area contributed by atoms with Crippen LogP contribution in [0.25, 0.3) is 0 Å². The first kappa shape index (κ1) is 24.7. The summed E-state index contributed by atoms with van der Waals surface area (Å²) < 4.78 is 45.0. The number of carbonyl (C=O) groups is 1. The summed E-state index contributed by atoms with van der Waals surface area (Å²) in [6.45, 7) is 2.70. The standard InChI is InChI=1S/C23H26ClF3N2O2/c1-2-3-4-5-6-9-14-31-21-13-12-18(24)15-17(21)16-28-29-22(30)19-10-7-8-11-20(19)23(25,26)27/h7-8,10-13,15-16H,2-6,9,14H2,1H3,(H,29,30)/b28-16+. The van der Waals surface area contributed by atoms with Gasteiger partial charge in [0.1, 0.15) is 5.75 Å². The van der Waals surface area contributed by atoms with Crippen molar-refractivity contribution in [1.29, 1.82) is 0 Å². The molecule has 8 heteroatoms. The number of nitrogens with zero attached hydrogens (tertiary/aromatic N) is 1. The van der Waals surface area contributed by atoms with E-state index in [4.69, 9.17) is 16.3 Å². The fourth-order valence-electron chi connectivity index (χ4n) is 2.97. The molecule has 168 valence electrons. The lowest BCUT2D eigenvalue weighted by Crippen LogP contribution is -2.22. The van der Waals surface area contributed by atoms with Crippen LogP contribution in [0, 0.1) is 0 Å². The molecule has 0 radical (unpaired) electrons. The highest BCUT2D eigenvalue weighted by Gasteiger charge is 2.34. The van der Waals surface area contributed by atoms with Gasteiger partial charge in [0.15, 0.2) is 0 Å². The van der Waals surface area contributed by atoms with Crippen molar-refractivity contribution in [2.75, 3.05) is 6.61 Å². The van der Waals surface area contributed by atoms with Crippen molar-refractivity contribution >= 4 is 23.7 Å². The number of hydrogen-bond donors (Lipinski definition) is 1. The Labute approximate surface area is 185 Å². The van der Waals surface area contributed by atoms with E-state index in [2.05, 4.69) is 17.5 Å². The number of nitrogens with one attached hydrogen (secondary N) is 1. The zero-order valence-corrected chi connectivity index (χ0v) is 18.1. The maximum Gasteiger partial charge on any atom is 0.417 e.